The van der Waals surface area contributed by atoms with Gasteiger partial charge in [0.2, 0.25) is 0 Å². The van der Waals surface area contributed by atoms with E-state index in [2.05, 4.69) is 24.2 Å². The molecule has 2 aliphatic heterocycles. The predicted molar refractivity (Wildman–Crippen MR) is 82.6 cm³/mol. The third-order valence-corrected chi connectivity index (χ3v) is 4.67. The Morgan fingerprint density at radius 3 is 3.10 bits per heavy atom. The van der Waals surface area contributed by atoms with Crippen LogP contribution in [0, 0.1) is 0 Å². The summed E-state index contributed by atoms with van der Waals surface area (Å²) in [7, 11) is 2.18. The van der Waals surface area contributed by atoms with Crippen molar-refractivity contribution < 1.29 is 4.74 Å². The predicted octanol–water partition coefficient (Wildman–Crippen LogP) is 3.24. The second-order valence-electron chi connectivity index (χ2n) is 6.12. The number of fused-ring (bicyclic) bond motifs is 1. The summed E-state index contributed by atoms with van der Waals surface area (Å²) < 4.78 is 6.42. The van der Waals surface area contributed by atoms with Gasteiger partial charge >= 0.3 is 0 Å². The van der Waals surface area contributed by atoms with Crippen molar-refractivity contribution in [3.63, 3.8) is 0 Å². The van der Waals surface area contributed by atoms with Gasteiger partial charge in [-0.25, -0.2) is 0 Å². The summed E-state index contributed by atoms with van der Waals surface area (Å²) in [5.41, 5.74) is 1.17. The summed E-state index contributed by atoms with van der Waals surface area (Å²) in [4.78, 5) is 2.38. The van der Waals surface area contributed by atoms with Crippen LogP contribution in [-0.2, 0) is 0 Å². The Bertz CT molecular complexity index is 493. The molecule has 2 unspecified atom stereocenters. The van der Waals surface area contributed by atoms with Gasteiger partial charge in [0.25, 0.3) is 0 Å². The smallest absolute Gasteiger partial charge is 0.125 e. The molecule has 0 saturated carbocycles. The van der Waals surface area contributed by atoms with Crippen molar-refractivity contribution in [3.05, 3.63) is 28.8 Å². The van der Waals surface area contributed by atoms with Crippen molar-refractivity contribution in [1.82, 2.24) is 10.2 Å². The Morgan fingerprint density at radius 2 is 2.35 bits per heavy atom. The van der Waals surface area contributed by atoms with Crippen LogP contribution < -0.4 is 10.1 Å². The third kappa shape index (κ3) is 2.67. The molecule has 1 fully saturated rings. The van der Waals surface area contributed by atoms with Crippen LogP contribution in [0.3, 0.4) is 0 Å². The maximum atomic E-state index is 6.42. The Kier molecular flexibility index (Phi) is 3.93. The second-order valence-corrected chi connectivity index (χ2v) is 6.56. The zero-order valence-corrected chi connectivity index (χ0v) is 13.0. The first kappa shape index (κ1) is 14.2. The molecule has 1 aromatic carbocycles. The fraction of sp³-hybridized carbons (Fsp3) is 0.625. The van der Waals surface area contributed by atoms with E-state index in [0.29, 0.717) is 6.04 Å². The zero-order valence-electron chi connectivity index (χ0n) is 12.3. The van der Waals surface area contributed by atoms with E-state index >= 15 is 0 Å². The molecule has 1 N–H and O–H groups in total. The molecule has 3 nitrogen and oxygen atoms in total. The third-order valence-electron chi connectivity index (χ3n) is 4.43. The van der Waals surface area contributed by atoms with Crippen LogP contribution in [0.4, 0.5) is 0 Å². The van der Waals surface area contributed by atoms with Crippen LogP contribution in [0.1, 0.15) is 37.8 Å². The number of benzene rings is 1. The SMILES string of the molecule is CCNC1CC2(CCCN(C)C2)Oc2ccc(Cl)cc21. The van der Waals surface area contributed by atoms with Gasteiger partial charge in [0.05, 0.1) is 0 Å². The normalized spacial score (nSPS) is 30.1. The van der Waals surface area contributed by atoms with Gasteiger partial charge in [0.15, 0.2) is 0 Å². The summed E-state index contributed by atoms with van der Waals surface area (Å²) in [5.74, 6) is 1.00. The Labute approximate surface area is 126 Å². The van der Waals surface area contributed by atoms with Crippen molar-refractivity contribution in [2.24, 2.45) is 0 Å². The van der Waals surface area contributed by atoms with E-state index in [9.17, 15) is 0 Å². The number of piperidine rings is 1. The van der Waals surface area contributed by atoms with Crippen molar-refractivity contribution in [2.45, 2.75) is 37.8 Å². The standard InChI is InChI=1S/C16H23ClN2O/c1-3-18-14-10-16(7-4-8-19(2)11-16)20-15-6-5-12(17)9-13(14)15/h5-6,9,14,18H,3-4,7-8,10-11H2,1-2H3. The summed E-state index contributed by atoms with van der Waals surface area (Å²) in [6.45, 7) is 5.29. The second kappa shape index (κ2) is 5.55. The molecule has 1 spiro atoms. The van der Waals surface area contributed by atoms with Crippen LogP contribution >= 0.6 is 11.6 Å². The fourth-order valence-electron chi connectivity index (χ4n) is 3.64. The maximum Gasteiger partial charge on any atom is 0.125 e. The largest absolute Gasteiger partial charge is 0.486 e. The molecule has 1 aromatic rings. The van der Waals surface area contributed by atoms with Crippen molar-refractivity contribution in [1.29, 1.82) is 0 Å². The number of nitrogens with zero attached hydrogens (tertiary/aromatic N) is 1. The highest BCUT2D eigenvalue weighted by atomic mass is 35.5. The highest BCUT2D eigenvalue weighted by Crippen LogP contribution is 2.44. The molecule has 3 rings (SSSR count). The molecule has 2 atom stereocenters. The molecule has 2 heterocycles. The van der Waals surface area contributed by atoms with Gasteiger partial charge in [-0.2, -0.15) is 0 Å². The molecule has 0 aromatic heterocycles. The molecule has 0 amide bonds. The maximum absolute atomic E-state index is 6.42. The number of rotatable bonds is 2. The number of hydrogen-bond acceptors (Lipinski definition) is 3. The molecule has 0 bridgehead atoms. The lowest BCUT2D eigenvalue weighted by atomic mass is 9.81. The van der Waals surface area contributed by atoms with Crippen LogP contribution in [0.5, 0.6) is 5.75 Å². The average Bonchev–Trinajstić information content (AvgIpc) is 2.40. The van der Waals surface area contributed by atoms with Gasteiger partial charge < -0.3 is 15.0 Å². The number of hydrogen-bond donors (Lipinski definition) is 1. The highest BCUT2D eigenvalue weighted by Gasteiger charge is 2.43. The van der Waals surface area contributed by atoms with Crippen molar-refractivity contribution >= 4 is 11.6 Å². The van der Waals surface area contributed by atoms with E-state index in [4.69, 9.17) is 16.3 Å². The van der Waals surface area contributed by atoms with Gasteiger partial charge in [-0.1, -0.05) is 18.5 Å². The van der Waals surface area contributed by atoms with Gasteiger partial charge in [0, 0.05) is 29.6 Å². The average molecular weight is 295 g/mol. The minimum atomic E-state index is -0.0410. The van der Waals surface area contributed by atoms with E-state index in [0.717, 1.165) is 36.7 Å². The lowest BCUT2D eigenvalue weighted by molar-refractivity contribution is -0.0268. The summed E-state index contributed by atoms with van der Waals surface area (Å²) in [5, 5.41) is 4.38. The van der Waals surface area contributed by atoms with E-state index in [1.165, 1.54) is 18.5 Å². The highest BCUT2D eigenvalue weighted by molar-refractivity contribution is 6.30. The first-order valence-electron chi connectivity index (χ1n) is 7.52. The summed E-state index contributed by atoms with van der Waals surface area (Å²) >= 11 is 6.15. The van der Waals surface area contributed by atoms with Crippen molar-refractivity contribution in [2.75, 3.05) is 26.7 Å². The monoisotopic (exact) mass is 294 g/mol. The number of likely N-dealkylation sites (N-methyl/N-ethyl adjacent to an activating group) is 1. The van der Waals surface area contributed by atoms with Gasteiger partial charge in [-0.05, 0) is 51.2 Å². The van der Waals surface area contributed by atoms with Crippen LogP contribution in [0.15, 0.2) is 18.2 Å². The van der Waals surface area contributed by atoms with Crippen LogP contribution in [0.2, 0.25) is 5.02 Å². The van der Waals surface area contributed by atoms with E-state index in [1.54, 1.807) is 0 Å². The lowest BCUT2D eigenvalue weighted by Crippen LogP contribution is -2.54. The first-order valence-corrected chi connectivity index (χ1v) is 7.90. The molecular formula is C16H23ClN2O. The minimum absolute atomic E-state index is 0.0410. The zero-order chi connectivity index (χ0) is 14.2. The van der Waals surface area contributed by atoms with Crippen LogP contribution in [-0.4, -0.2) is 37.2 Å². The molecule has 1 saturated heterocycles. The van der Waals surface area contributed by atoms with Crippen LogP contribution in [0.25, 0.3) is 0 Å². The number of nitrogens with one attached hydrogen (secondary N) is 1. The lowest BCUT2D eigenvalue weighted by Gasteiger charge is -2.47. The fourth-order valence-corrected chi connectivity index (χ4v) is 3.82. The number of likely N-dealkylation sites (tertiary alicyclic amines) is 1. The van der Waals surface area contributed by atoms with Gasteiger partial charge in [0.1, 0.15) is 11.4 Å². The Hall–Kier alpha value is -0.770. The number of halogens is 1. The van der Waals surface area contributed by atoms with E-state index in [-0.39, 0.29) is 5.60 Å². The minimum Gasteiger partial charge on any atom is -0.486 e. The number of ether oxygens (including phenoxy) is 1. The van der Waals surface area contributed by atoms with Gasteiger partial charge in [-0.15, -0.1) is 0 Å². The molecule has 0 aliphatic carbocycles. The van der Waals surface area contributed by atoms with Crippen molar-refractivity contribution in [3.8, 4) is 5.75 Å². The van der Waals surface area contributed by atoms with E-state index < -0.39 is 0 Å². The molecule has 20 heavy (non-hydrogen) atoms. The molecule has 4 heteroatoms. The molecular weight excluding hydrogens is 272 g/mol. The van der Waals surface area contributed by atoms with Gasteiger partial charge in [-0.3, -0.25) is 0 Å². The molecule has 2 aliphatic rings. The Morgan fingerprint density at radius 1 is 1.50 bits per heavy atom. The first-order chi connectivity index (χ1) is 9.62. The Balaban J connectivity index is 1.94. The topological polar surface area (TPSA) is 24.5 Å². The molecule has 0 radical (unpaired) electrons. The quantitative estimate of drug-likeness (QED) is 0.906. The summed E-state index contributed by atoms with van der Waals surface area (Å²) in [6, 6.07) is 6.34. The molecule has 110 valence electrons. The van der Waals surface area contributed by atoms with E-state index in [1.807, 2.05) is 18.2 Å². The summed E-state index contributed by atoms with van der Waals surface area (Å²) in [6.07, 6.45) is 3.37.